The van der Waals surface area contributed by atoms with E-state index in [0.717, 1.165) is 24.2 Å². The zero-order valence-electron chi connectivity index (χ0n) is 11.3. The summed E-state index contributed by atoms with van der Waals surface area (Å²) in [4.78, 5) is 10.9. The zero-order chi connectivity index (χ0) is 14.1. The summed E-state index contributed by atoms with van der Waals surface area (Å²) in [5.41, 5.74) is 3.84. The van der Waals surface area contributed by atoms with Crippen molar-refractivity contribution in [3.63, 3.8) is 0 Å². The number of carboxylic acids is 1. The van der Waals surface area contributed by atoms with Gasteiger partial charge < -0.3 is 9.84 Å². The first-order valence-electron chi connectivity index (χ1n) is 6.73. The van der Waals surface area contributed by atoms with Crippen molar-refractivity contribution in [2.45, 2.75) is 25.9 Å². The maximum absolute atomic E-state index is 10.9. The van der Waals surface area contributed by atoms with Crippen LogP contribution in [0.15, 0.2) is 42.5 Å². The molecule has 1 aliphatic rings. The number of rotatable bonds is 2. The van der Waals surface area contributed by atoms with Gasteiger partial charge in [0, 0.05) is 0 Å². The molecule has 0 radical (unpaired) electrons. The molecule has 0 aliphatic carbocycles. The molecule has 0 bridgehead atoms. The minimum absolute atomic E-state index is 0.00745. The molecule has 0 aromatic heterocycles. The third-order valence-electron chi connectivity index (χ3n) is 3.69. The van der Waals surface area contributed by atoms with E-state index in [0.29, 0.717) is 5.56 Å². The molecule has 1 heterocycles. The fraction of sp³-hybridized carbons (Fsp3) is 0.235. The standard InChI is InChI=1S/C17H16O3/c1-11-2-8-16-14(10-11)7-9-15(20-16)12-3-5-13(6-4-12)17(18)19/h2-6,8,10,15H,7,9H2,1H3,(H,18,19). The molecule has 0 amide bonds. The molecule has 1 N–H and O–H groups in total. The van der Waals surface area contributed by atoms with E-state index in [1.807, 2.05) is 18.2 Å². The largest absolute Gasteiger partial charge is 0.485 e. The Hall–Kier alpha value is -2.29. The van der Waals surface area contributed by atoms with Crippen LogP contribution in [0.1, 0.15) is 39.6 Å². The average molecular weight is 268 g/mol. The van der Waals surface area contributed by atoms with Crippen molar-refractivity contribution >= 4 is 5.97 Å². The average Bonchev–Trinajstić information content (AvgIpc) is 2.47. The number of hydrogen-bond acceptors (Lipinski definition) is 2. The smallest absolute Gasteiger partial charge is 0.335 e. The van der Waals surface area contributed by atoms with Gasteiger partial charge in [0.1, 0.15) is 11.9 Å². The number of hydrogen-bond donors (Lipinski definition) is 1. The second-order valence-electron chi connectivity index (χ2n) is 5.18. The molecule has 3 heteroatoms. The molecule has 0 saturated heterocycles. The monoisotopic (exact) mass is 268 g/mol. The van der Waals surface area contributed by atoms with Crippen molar-refractivity contribution in [3.8, 4) is 5.75 Å². The summed E-state index contributed by atoms with van der Waals surface area (Å²) in [6, 6.07) is 13.2. The molecule has 20 heavy (non-hydrogen) atoms. The Morgan fingerprint density at radius 1 is 1.20 bits per heavy atom. The van der Waals surface area contributed by atoms with Crippen molar-refractivity contribution in [2.24, 2.45) is 0 Å². The molecule has 0 saturated carbocycles. The molecule has 1 unspecified atom stereocenters. The number of carboxylic acid groups (broad SMARTS) is 1. The van der Waals surface area contributed by atoms with E-state index >= 15 is 0 Å². The van der Waals surface area contributed by atoms with Gasteiger partial charge in [-0.25, -0.2) is 4.79 Å². The van der Waals surface area contributed by atoms with Crippen molar-refractivity contribution in [2.75, 3.05) is 0 Å². The molecular formula is C17H16O3. The summed E-state index contributed by atoms with van der Waals surface area (Å²) >= 11 is 0. The van der Waals surface area contributed by atoms with Crippen LogP contribution in [-0.2, 0) is 6.42 Å². The van der Waals surface area contributed by atoms with Crippen LogP contribution in [0.3, 0.4) is 0 Å². The maximum Gasteiger partial charge on any atom is 0.335 e. The topological polar surface area (TPSA) is 46.5 Å². The van der Waals surface area contributed by atoms with Crippen LogP contribution < -0.4 is 4.74 Å². The summed E-state index contributed by atoms with van der Waals surface area (Å²) in [6.07, 6.45) is 1.92. The lowest BCUT2D eigenvalue weighted by Gasteiger charge is -2.26. The van der Waals surface area contributed by atoms with E-state index in [1.165, 1.54) is 11.1 Å². The van der Waals surface area contributed by atoms with Gasteiger partial charge in [0.2, 0.25) is 0 Å². The van der Waals surface area contributed by atoms with E-state index < -0.39 is 5.97 Å². The second kappa shape index (κ2) is 5.00. The molecule has 1 atom stereocenters. The number of aromatic carboxylic acids is 1. The quantitative estimate of drug-likeness (QED) is 0.902. The second-order valence-corrected chi connectivity index (χ2v) is 5.18. The lowest BCUT2D eigenvalue weighted by molar-refractivity contribution is 0.0696. The molecule has 0 spiro atoms. The molecule has 3 rings (SSSR count). The lowest BCUT2D eigenvalue weighted by atomic mass is 9.96. The predicted octanol–water partition coefficient (Wildman–Crippen LogP) is 3.76. The van der Waals surface area contributed by atoms with Crippen LogP contribution in [0.2, 0.25) is 0 Å². The molecule has 2 aromatic carbocycles. The molecule has 0 fully saturated rings. The van der Waals surface area contributed by atoms with Crippen LogP contribution in [0.4, 0.5) is 0 Å². The number of ether oxygens (including phenoxy) is 1. The molecule has 3 nitrogen and oxygen atoms in total. The number of aryl methyl sites for hydroxylation is 2. The van der Waals surface area contributed by atoms with E-state index in [-0.39, 0.29) is 6.10 Å². The normalized spacial score (nSPS) is 17.1. The summed E-state index contributed by atoms with van der Waals surface area (Å²) in [5, 5.41) is 8.91. The van der Waals surface area contributed by atoms with Crippen LogP contribution in [0.25, 0.3) is 0 Å². The van der Waals surface area contributed by atoms with Gasteiger partial charge in [0.05, 0.1) is 5.56 Å². The summed E-state index contributed by atoms with van der Waals surface area (Å²) in [7, 11) is 0. The SMILES string of the molecule is Cc1ccc2c(c1)CCC(c1ccc(C(=O)O)cc1)O2. The third kappa shape index (κ3) is 2.39. The fourth-order valence-corrected chi connectivity index (χ4v) is 2.59. The number of fused-ring (bicyclic) bond motifs is 1. The Labute approximate surface area is 117 Å². The Bertz CT molecular complexity index is 644. The van der Waals surface area contributed by atoms with Crippen molar-refractivity contribution in [1.29, 1.82) is 0 Å². The highest BCUT2D eigenvalue weighted by atomic mass is 16.5. The highest BCUT2D eigenvalue weighted by Gasteiger charge is 2.21. The molecule has 2 aromatic rings. The minimum atomic E-state index is -0.901. The minimum Gasteiger partial charge on any atom is -0.485 e. The van der Waals surface area contributed by atoms with Crippen LogP contribution in [0.5, 0.6) is 5.75 Å². The van der Waals surface area contributed by atoms with Crippen LogP contribution in [-0.4, -0.2) is 11.1 Å². The van der Waals surface area contributed by atoms with Gasteiger partial charge in [-0.15, -0.1) is 0 Å². The number of benzene rings is 2. The van der Waals surface area contributed by atoms with E-state index in [2.05, 4.69) is 19.1 Å². The highest BCUT2D eigenvalue weighted by molar-refractivity contribution is 5.87. The first-order chi connectivity index (χ1) is 9.63. The summed E-state index contributed by atoms with van der Waals surface area (Å²) in [6.45, 7) is 2.08. The Morgan fingerprint density at radius 2 is 1.95 bits per heavy atom. The summed E-state index contributed by atoms with van der Waals surface area (Å²) < 4.78 is 6.03. The van der Waals surface area contributed by atoms with Gasteiger partial charge in [-0.1, -0.05) is 29.8 Å². The first-order valence-corrected chi connectivity index (χ1v) is 6.73. The zero-order valence-corrected chi connectivity index (χ0v) is 11.3. The van der Waals surface area contributed by atoms with Gasteiger partial charge in [-0.05, 0) is 49.1 Å². The maximum atomic E-state index is 10.9. The molecular weight excluding hydrogens is 252 g/mol. The van der Waals surface area contributed by atoms with Crippen molar-refractivity contribution < 1.29 is 14.6 Å². The van der Waals surface area contributed by atoms with E-state index in [1.54, 1.807) is 12.1 Å². The van der Waals surface area contributed by atoms with Crippen LogP contribution >= 0.6 is 0 Å². The van der Waals surface area contributed by atoms with Crippen LogP contribution in [0, 0.1) is 6.92 Å². The van der Waals surface area contributed by atoms with Gasteiger partial charge in [0.15, 0.2) is 0 Å². The summed E-state index contributed by atoms with van der Waals surface area (Å²) in [5.74, 6) is 0.0381. The van der Waals surface area contributed by atoms with E-state index in [4.69, 9.17) is 9.84 Å². The van der Waals surface area contributed by atoms with Gasteiger partial charge in [0.25, 0.3) is 0 Å². The Kier molecular flexibility index (Phi) is 3.18. The van der Waals surface area contributed by atoms with Crippen molar-refractivity contribution in [1.82, 2.24) is 0 Å². The first kappa shape index (κ1) is 12.7. The van der Waals surface area contributed by atoms with Gasteiger partial charge >= 0.3 is 5.97 Å². The molecule has 102 valence electrons. The van der Waals surface area contributed by atoms with Gasteiger partial charge in [-0.3, -0.25) is 0 Å². The lowest BCUT2D eigenvalue weighted by Crippen LogP contribution is -2.15. The molecule has 1 aliphatic heterocycles. The Morgan fingerprint density at radius 3 is 2.65 bits per heavy atom. The Balaban J connectivity index is 1.83. The predicted molar refractivity (Wildman–Crippen MR) is 76.3 cm³/mol. The van der Waals surface area contributed by atoms with E-state index in [9.17, 15) is 4.79 Å². The number of carbonyl (C=O) groups is 1. The fourth-order valence-electron chi connectivity index (χ4n) is 2.59. The third-order valence-corrected chi connectivity index (χ3v) is 3.69. The highest BCUT2D eigenvalue weighted by Crippen LogP contribution is 2.35. The van der Waals surface area contributed by atoms with Gasteiger partial charge in [-0.2, -0.15) is 0 Å². The van der Waals surface area contributed by atoms with Crippen molar-refractivity contribution in [3.05, 3.63) is 64.7 Å².